The molecule has 94 valence electrons. The molecule has 2 aromatic rings. The summed E-state index contributed by atoms with van der Waals surface area (Å²) in [6, 6.07) is 3.08. The van der Waals surface area contributed by atoms with Crippen LogP contribution in [-0.4, -0.2) is 20.7 Å². The summed E-state index contributed by atoms with van der Waals surface area (Å²) in [5, 5.41) is 6.11. The van der Waals surface area contributed by atoms with Crippen LogP contribution in [0, 0.1) is 11.6 Å². The first kappa shape index (κ1) is 12.0. The van der Waals surface area contributed by atoms with Gasteiger partial charge in [-0.2, -0.15) is 0 Å². The number of nitrogens with two attached hydrogens (primary N) is 1. The van der Waals surface area contributed by atoms with Gasteiger partial charge >= 0.3 is 0 Å². The number of anilines is 2. The van der Waals surface area contributed by atoms with Gasteiger partial charge in [-0.05, 0) is 12.1 Å². The fourth-order valence-corrected chi connectivity index (χ4v) is 1.31. The first-order chi connectivity index (χ1) is 8.54. The number of nitrogens with zero attached hydrogens (tertiary/aromatic N) is 3. The molecule has 0 unspecified atom stereocenters. The van der Waals surface area contributed by atoms with E-state index in [-0.39, 0.29) is 18.2 Å². The zero-order valence-corrected chi connectivity index (χ0v) is 9.10. The summed E-state index contributed by atoms with van der Waals surface area (Å²) in [4.78, 5) is 15.2. The first-order valence-electron chi connectivity index (χ1n) is 4.94. The molecule has 1 amide bonds. The van der Waals surface area contributed by atoms with Gasteiger partial charge in [-0.3, -0.25) is 4.79 Å². The van der Waals surface area contributed by atoms with E-state index in [1.807, 2.05) is 0 Å². The van der Waals surface area contributed by atoms with Gasteiger partial charge in [0.1, 0.15) is 12.9 Å². The third-order valence-electron chi connectivity index (χ3n) is 2.06. The third-order valence-corrected chi connectivity index (χ3v) is 2.06. The lowest BCUT2D eigenvalue weighted by molar-refractivity contribution is -0.116. The van der Waals surface area contributed by atoms with Crippen molar-refractivity contribution in [1.29, 1.82) is 0 Å². The maximum absolute atomic E-state index is 12.9. The topological polar surface area (TPSA) is 85.8 Å². The van der Waals surface area contributed by atoms with Crippen molar-refractivity contribution in [3.8, 4) is 0 Å². The van der Waals surface area contributed by atoms with Gasteiger partial charge in [0, 0.05) is 11.8 Å². The number of nitrogens with one attached hydrogen (secondary N) is 1. The molecule has 0 bridgehead atoms. The van der Waals surface area contributed by atoms with Crippen molar-refractivity contribution in [1.82, 2.24) is 14.8 Å². The molecule has 18 heavy (non-hydrogen) atoms. The molecule has 8 heteroatoms. The van der Waals surface area contributed by atoms with Gasteiger partial charge in [0.05, 0.1) is 0 Å². The highest BCUT2D eigenvalue weighted by Crippen LogP contribution is 2.12. The zero-order valence-electron chi connectivity index (χ0n) is 9.10. The summed E-state index contributed by atoms with van der Waals surface area (Å²) in [7, 11) is 0. The van der Waals surface area contributed by atoms with Gasteiger partial charge < -0.3 is 11.1 Å². The number of nitrogen functional groups attached to an aromatic ring is 1. The van der Waals surface area contributed by atoms with Crippen LogP contribution in [0.15, 0.2) is 24.5 Å². The number of benzene rings is 1. The van der Waals surface area contributed by atoms with E-state index in [0.29, 0.717) is 0 Å². The number of amides is 1. The van der Waals surface area contributed by atoms with Crippen LogP contribution in [0.25, 0.3) is 0 Å². The van der Waals surface area contributed by atoms with Crippen molar-refractivity contribution in [3.63, 3.8) is 0 Å². The molecule has 0 aliphatic carbocycles. The Hall–Kier alpha value is -2.51. The van der Waals surface area contributed by atoms with Crippen molar-refractivity contribution in [2.45, 2.75) is 6.54 Å². The normalized spacial score (nSPS) is 10.3. The molecule has 0 fully saturated rings. The molecule has 2 rings (SSSR count). The average molecular weight is 253 g/mol. The Morgan fingerprint density at radius 2 is 2.17 bits per heavy atom. The van der Waals surface area contributed by atoms with E-state index in [0.717, 1.165) is 12.1 Å². The minimum Gasteiger partial charge on any atom is -0.367 e. The molecule has 0 aliphatic rings. The van der Waals surface area contributed by atoms with Crippen LogP contribution in [0.2, 0.25) is 0 Å². The monoisotopic (exact) mass is 253 g/mol. The molecule has 3 N–H and O–H groups in total. The van der Waals surface area contributed by atoms with E-state index < -0.39 is 17.5 Å². The van der Waals surface area contributed by atoms with E-state index in [4.69, 9.17) is 5.73 Å². The summed E-state index contributed by atoms with van der Waals surface area (Å²) < 4.78 is 26.8. The van der Waals surface area contributed by atoms with Crippen LogP contribution in [-0.2, 0) is 11.3 Å². The summed E-state index contributed by atoms with van der Waals surface area (Å²) in [6.45, 7) is -0.122. The SMILES string of the molecule is Nc1ncn(CC(=O)Nc2ccc(F)c(F)c2)n1. The lowest BCUT2D eigenvalue weighted by atomic mass is 10.3. The van der Waals surface area contributed by atoms with E-state index >= 15 is 0 Å². The van der Waals surface area contributed by atoms with Crippen LogP contribution in [0.3, 0.4) is 0 Å². The highest BCUT2D eigenvalue weighted by atomic mass is 19.2. The molecule has 1 aromatic carbocycles. The van der Waals surface area contributed by atoms with E-state index in [9.17, 15) is 13.6 Å². The number of aromatic nitrogens is 3. The predicted octanol–water partition coefficient (Wildman–Crippen LogP) is 0.777. The summed E-state index contributed by atoms with van der Waals surface area (Å²) in [6.07, 6.45) is 1.29. The Labute approximate surface area is 100 Å². The van der Waals surface area contributed by atoms with Crippen LogP contribution >= 0.6 is 0 Å². The number of hydrogen-bond acceptors (Lipinski definition) is 4. The first-order valence-corrected chi connectivity index (χ1v) is 4.94. The van der Waals surface area contributed by atoms with Crippen molar-refractivity contribution in [2.24, 2.45) is 0 Å². The number of carbonyl (C=O) groups is 1. The van der Waals surface area contributed by atoms with Gasteiger partial charge in [-0.15, -0.1) is 5.10 Å². The maximum atomic E-state index is 12.9. The number of rotatable bonds is 3. The number of carbonyl (C=O) groups excluding carboxylic acids is 1. The standard InChI is InChI=1S/C10H9F2N5O/c11-7-2-1-6(3-8(7)12)15-9(18)4-17-5-14-10(13)16-17/h1-3,5H,4H2,(H2,13,16)(H,15,18). The largest absolute Gasteiger partial charge is 0.367 e. The molecule has 0 aliphatic heterocycles. The van der Waals surface area contributed by atoms with Crippen molar-refractivity contribution >= 4 is 17.5 Å². The molecule has 0 saturated carbocycles. The van der Waals surface area contributed by atoms with Gasteiger partial charge in [0.25, 0.3) is 0 Å². The smallest absolute Gasteiger partial charge is 0.246 e. The summed E-state index contributed by atoms with van der Waals surface area (Å²) >= 11 is 0. The molecule has 0 saturated heterocycles. The lowest BCUT2D eigenvalue weighted by Crippen LogP contribution is -2.19. The Kier molecular flexibility index (Phi) is 3.18. The fourth-order valence-electron chi connectivity index (χ4n) is 1.31. The van der Waals surface area contributed by atoms with Crippen LogP contribution < -0.4 is 11.1 Å². The quantitative estimate of drug-likeness (QED) is 0.846. The molecular weight excluding hydrogens is 244 g/mol. The Morgan fingerprint density at radius 3 is 2.78 bits per heavy atom. The van der Waals surface area contributed by atoms with Gasteiger partial charge in [-0.25, -0.2) is 18.4 Å². The van der Waals surface area contributed by atoms with E-state index in [1.54, 1.807) is 0 Å². The van der Waals surface area contributed by atoms with E-state index in [2.05, 4.69) is 15.4 Å². The molecule has 1 aromatic heterocycles. The van der Waals surface area contributed by atoms with Crippen LogP contribution in [0.4, 0.5) is 20.4 Å². The summed E-state index contributed by atoms with van der Waals surface area (Å²) in [5.41, 5.74) is 5.44. The average Bonchev–Trinajstić information content (AvgIpc) is 2.69. The van der Waals surface area contributed by atoms with Crippen LogP contribution in [0.5, 0.6) is 0 Å². The second kappa shape index (κ2) is 4.78. The molecule has 0 atom stereocenters. The van der Waals surface area contributed by atoms with Crippen LogP contribution in [0.1, 0.15) is 0 Å². The van der Waals surface area contributed by atoms with Gasteiger partial charge in [0.2, 0.25) is 11.9 Å². The minimum atomic E-state index is -1.03. The molecule has 6 nitrogen and oxygen atoms in total. The molecule has 0 spiro atoms. The number of hydrogen-bond donors (Lipinski definition) is 2. The van der Waals surface area contributed by atoms with Gasteiger partial charge in [-0.1, -0.05) is 0 Å². The lowest BCUT2D eigenvalue weighted by Gasteiger charge is -2.05. The third kappa shape index (κ3) is 2.78. The Bertz CT molecular complexity index is 583. The second-order valence-corrected chi connectivity index (χ2v) is 3.48. The minimum absolute atomic E-state index is 0.0515. The maximum Gasteiger partial charge on any atom is 0.246 e. The predicted molar refractivity (Wildman–Crippen MR) is 59.4 cm³/mol. The molecular formula is C10H9F2N5O. The number of halogens is 2. The van der Waals surface area contributed by atoms with Crippen molar-refractivity contribution < 1.29 is 13.6 Å². The summed E-state index contributed by atoms with van der Waals surface area (Å²) in [5.74, 6) is -2.41. The Morgan fingerprint density at radius 1 is 1.39 bits per heavy atom. The molecule has 0 radical (unpaired) electrons. The zero-order chi connectivity index (χ0) is 13.1. The van der Waals surface area contributed by atoms with Crippen molar-refractivity contribution in [3.05, 3.63) is 36.2 Å². The highest BCUT2D eigenvalue weighted by molar-refractivity contribution is 5.90. The molecule has 1 heterocycles. The van der Waals surface area contributed by atoms with E-state index in [1.165, 1.54) is 17.1 Å². The fraction of sp³-hybridized carbons (Fsp3) is 0.100. The van der Waals surface area contributed by atoms with Gasteiger partial charge in [0.15, 0.2) is 11.6 Å². The second-order valence-electron chi connectivity index (χ2n) is 3.48. The highest BCUT2D eigenvalue weighted by Gasteiger charge is 2.07. The van der Waals surface area contributed by atoms with Crippen molar-refractivity contribution in [2.75, 3.05) is 11.1 Å². The Balaban J connectivity index is 2.00.